The van der Waals surface area contributed by atoms with Gasteiger partial charge in [-0.1, -0.05) is 49.8 Å². The van der Waals surface area contributed by atoms with E-state index >= 15 is 0 Å². The van der Waals surface area contributed by atoms with Gasteiger partial charge in [-0.05, 0) is 38.0 Å². The fraction of sp³-hybridized carbons (Fsp3) is 0.400. The minimum atomic E-state index is -0.207. The summed E-state index contributed by atoms with van der Waals surface area (Å²) < 4.78 is 2.06. The summed E-state index contributed by atoms with van der Waals surface area (Å²) in [7, 11) is 0. The lowest BCUT2D eigenvalue weighted by molar-refractivity contribution is -0.122. The van der Waals surface area contributed by atoms with Gasteiger partial charge in [0.15, 0.2) is 0 Å². The number of hydrogen-bond donors (Lipinski definition) is 1. The number of carbonyl (C=O) groups is 1. The fourth-order valence-corrected chi connectivity index (χ4v) is 4.33. The highest BCUT2D eigenvalue weighted by Gasteiger charge is 2.32. The minimum Gasteiger partial charge on any atom is -0.370 e. The molecule has 0 spiro atoms. The van der Waals surface area contributed by atoms with Gasteiger partial charge in [0.05, 0.1) is 10.5 Å². The number of aromatic nitrogens is 2. The number of carbonyl (C=O) groups excluding carboxylic acids is 1. The van der Waals surface area contributed by atoms with Crippen molar-refractivity contribution < 1.29 is 4.79 Å². The third kappa shape index (κ3) is 4.12. The van der Waals surface area contributed by atoms with Crippen molar-refractivity contribution in [1.82, 2.24) is 14.3 Å². The van der Waals surface area contributed by atoms with Crippen molar-refractivity contribution in [3.8, 4) is 0 Å². The quantitative estimate of drug-likeness (QED) is 0.420. The molecule has 1 N–H and O–H groups in total. The number of nitrogens with zero attached hydrogens (tertiary/aromatic N) is 3. The summed E-state index contributed by atoms with van der Waals surface area (Å²) in [5, 5.41) is 3.14. The summed E-state index contributed by atoms with van der Waals surface area (Å²) in [6, 6.07) is 3.73. The summed E-state index contributed by atoms with van der Waals surface area (Å²) in [6.45, 7) is 7.21. The summed E-state index contributed by atoms with van der Waals surface area (Å²) in [5.74, 6) is 0.342. The molecule has 0 atom stereocenters. The second-order valence-corrected chi connectivity index (χ2v) is 8.36. The van der Waals surface area contributed by atoms with Gasteiger partial charge in [-0.25, -0.2) is 4.98 Å². The van der Waals surface area contributed by atoms with E-state index < -0.39 is 0 Å². The summed E-state index contributed by atoms with van der Waals surface area (Å²) in [4.78, 5) is 32.6. The van der Waals surface area contributed by atoms with Crippen LogP contribution in [-0.2, 0) is 4.79 Å². The standard InChI is InChI=1S/C20H24N4O2S2/c1-4-6-7-10-23-19(26)15(28-20(23)27)11-14-17(21-5-2)22-16-9-8-13(3)12-24(16)18(14)25/h8-9,11-12,21H,4-7,10H2,1-3H3/b15-11+. The van der Waals surface area contributed by atoms with Gasteiger partial charge in [0.25, 0.3) is 11.5 Å². The molecule has 1 aliphatic heterocycles. The molecule has 1 saturated heterocycles. The van der Waals surface area contributed by atoms with Crippen molar-refractivity contribution in [3.63, 3.8) is 0 Å². The number of thiocarbonyl (C=S) groups is 1. The molecule has 0 aliphatic carbocycles. The molecule has 0 aromatic carbocycles. The molecule has 0 bridgehead atoms. The Balaban J connectivity index is 2.04. The zero-order chi connectivity index (χ0) is 20.3. The van der Waals surface area contributed by atoms with Gasteiger partial charge >= 0.3 is 0 Å². The summed E-state index contributed by atoms with van der Waals surface area (Å²) in [6.07, 6.45) is 6.43. The maximum Gasteiger partial charge on any atom is 0.267 e. The molecular formula is C20H24N4O2S2. The molecule has 0 radical (unpaired) electrons. The first-order valence-electron chi connectivity index (χ1n) is 9.48. The van der Waals surface area contributed by atoms with Gasteiger partial charge in [-0.3, -0.25) is 18.9 Å². The third-order valence-electron chi connectivity index (χ3n) is 4.48. The first-order valence-corrected chi connectivity index (χ1v) is 10.7. The van der Waals surface area contributed by atoms with E-state index in [1.807, 2.05) is 26.0 Å². The van der Waals surface area contributed by atoms with E-state index in [1.54, 1.807) is 17.2 Å². The van der Waals surface area contributed by atoms with E-state index in [-0.39, 0.29) is 11.5 Å². The number of anilines is 1. The lowest BCUT2D eigenvalue weighted by atomic mass is 10.2. The van der Waals surface area contributed by atoms with Gasteiger partial charge in [-0.15, -0.1) is 0 Å². The molecule has 148 valence electrons. The van der Waals surface area contributed by atoms with Crippen molar-refractivity contribution >= 4 is 51.7 Å². The molecule has 6 nitrogen and oxygen atoms in total. The normalized spacial score (nSPS) is 15.8. The van der Waals surface area contributed by atoms with Crippen molar-refractivity contribution in [2.45, 2.75) is 40.0 Å². The van der Waals surface area contributed by atoms with Gasteiger partial charge in [-0.2, -0.15) is 0 Å². The van der Waals surface area contributed by atoms with Crippen LogP contribution in [0.1, 0.15) is 44.2 Å². The van der Waals surface area contributed by atoms with Crippen LogP contribution in [0.2, 0.25) is 0 Å². The minimum absolute atomic E-state index is 0.137. The molecule has 3 rings (SSSR count). The van der Waals surface area contributed by atoms with Crippen molar-refractivity contribution in [2.24, 2.45) is 0 Å². The predicted octanol–water partition coefficient (Wildman–Crippen LogP) is 3.83. The van der Waals surface area contributed by atoms with Crippen molar-refractivity contribution in [2.75, 3.05) is 18.4 Å². The van der Waals surface area contributed by atoms with Crippen LogP contribution < -0.4 is 10.9 Å². The Morgan fingerprint density at radius 1 is 1.25 bits per heavy atom. The number of rotatable bonds is 7. The van der Waals surface area contributed by atoms with Gasteiger partial charge in [0.1, 0.15) is 15.8 Å². The molecule has 3 heterocycles. The highest BCUT2D eigenvalue weighted by Crippen LogP contribution is 2.33. The van der Waals surface area contributed by atoms with E-state index in [0.717, 1.165) is 24.8 Å². The molecule has 0 saturated carbocycles. The SMILES string of the molecule is CCCCCN1C(=O)/C(=C\c2c(NCC)nc3ccc(C)cn3c2=O)SC1=S. The monoisotopic (exact) mass is 416 g/mol. The van der Waals surface area contributed by atoms with Crippen LogP contribution in [0, 0.1) is 6.92 Å². The Morgan fingerprint density at radius 3 is 2.75 bits per heavy atom. The molecule has 1 amide bonds. The Morgan fingerprint density at radius 2 is 2.04 bits per heavy atom. The smallest absolute Gasteiger partial charge is 0.267 e. The zero-order valence-corrected chi connectivity index (χ0v) is 18.0. The van der Waals surface area contributed by atoms with Gasteiger partial charge in [0, 0.05) is 19.3 Å². The van der Waals surface area contributed by atoms with Gasteiger partial charge < -0.3 is 5.32 Å². The highest BCUT2D eigenvalue weighted by molar-refractivity contribution is 8.26. The second kappa shape index (κ2) is 8.87. The number of unbranched alkanes of at least 4 members (excludes halogenated alkanes) is 2. The van der Waals surface area contributed by atoms with E-state index in [4.69, 9.17) is 12.2 Å². The first kappa shape index (κ1) is 20.5. The fourth-order valence-electron chi connectivity index (χ4n) is 3.03. The first-order chi connectivity index (χ1) is 13.5. The van der Waals surface area contributed by atoms with Gasteiger partial charge in [0.2, 0.25) is 0 Å². The average Bonchev–Trinajstić information content (AvgIpc) is 2.93. The van der Waals surface area contributed by atoms with E-state index in [2.05, 4.69) is 17.2 Å². The molecule has 1 aliphatic rings. The molecule has 2 aromatic rings. The number of fused-ring (bicyclic) bond motifs is 1. The average molecular weight is 417 g/mol. The van der Waals surface area contributed by atoms with E-state index in [0.29, 0.717) is 39.3 Å². The van der Waals surface area contributed by atoms with Crippen LogP contribution in [0.3, 0.4) is 0 Å². The molecule has 1 fully saturated rings. The van der Waals surface area contributed by atoms with Crippen LogP contribution in [0.15, 0.2) is 28.0 Å². The van der Waals surface area contributed by atoms with Crippen LogP contribution in [0.4, 0.5) is 5.82 Å². The lowest BCUT2D eigenvalue weighted by Crippen LogP contribution is -2.29. The zero-order valence-electron chi connectivity index (χ0n) is 16.3. The maximum atomic E-state index is 13.1. The predicted molar refractivity (Wildman–Crippen MR) is 120 cm³/mol. The van der Waals surface area contributed by atoms with Crippen LogP contribution in [0.25, 0.3) is 11.7 Å². The number of hydrogen-bond acceptors (Lipinski definition) is 6. The Hall–Kier alpha value is -2.19. The van der Waals surface area contributed by atoms with Crippen LogP contribution in [-0.4, -0.2) is 37.6 Å². The number of amides is 1. The van der Waals surface area contributed by atoms with Crippen molar-refractivity contribution in [1.29, 1.82) is 0 Å². The summed E-state index contributed by atoms with van der Waals surface area (Å²) >= 11 is 6.63. The molecular weight excluding hydrogens is 392 g/mol. The Kier molecular flexibility index (Phi) is 6.51. The highest BCUT2D eigenvalue weighted by atomic mass is 32.2. The Bertz CT molecular complexity index is 1010. The molecule has 2 aromatic heterocycles. The topological polar surface area (TPSA) is 66.7 Å². The van der Waals surface area contributed by atoms with Crippen LogP contribution in [0.5, 0.6) is 0 Å². The molecule has 28 heavy (non-hydrogen) atoms. The lowest BCUT2D eigenvalue weighted by Gasteiger charge is -2.13. The molecule has 0 unspecified atom stereocenters. The number of pyridine rings is 1. The largest absolute Gasteiger partial charge is 0.370 e. The second-order valence-electron chi connectivity index (χ2n) is 6.68. The number of nitrogens with one attached hydrogen (secondary N) is 1. The number of thioether (sulfide) groups is 1. The maximum absolute atomic E-state index is 13.1. The molecule has 8 heteroatoms. The Labute approximate surface area is 174 Å². The number of aryl methyl sites for hydroxylation is 1. The van der Waals surface area contributed by atoms with E-state index in [1.165, 1.54) is 16.2 Å². The third-order valence-corrected chi connectivity index (χ3v) is 5.86. The van der Waals surface area contributed by atoms with E-state index in [9.17, 15) is 9.59 Å². The van der Waals surface area contributed by atoms with Crippen molar-refractivity contribution in [3.05, 3.63) is 44.7 Å². The van der Waals surface area contributed by atoms with Crippen LogP contribution >= 0.6 is 24.0 Å². The summed E-state index contributed by atoms with van der Waals surface area (Å²) in [5.41, 5.74) is 1.69.